The number of aliphatic carboxylic acids is 1. The summed E-state index contributed by atoms with van der Waals surface area (Å²) in [6.45, 7) is -0.432. The van der Waals surface area contributed by atoms with Crippen LogP contribution in [0, 0.1) is 0 Å². The van der Waals surface area contributed by atoms with Crippen molar-refractivity contribution in [2.75, 3.05) is 6.54 Å². The van der Waals surface area contributed by atoms with E-state index in [1.54, 1.807) is 0 Å². The second-order valence-electron chi connectivity index (χ2n) is 2.51. The summed E-state index contributed by atoms with van der Waals surface area (Å²) in [6, 6.07) is -1.15. The molecule has 1 atom stereocenters. The van der Waals surface area contributed by atoms with Gasteiger partial charge in [0.05, 0.1) is 6.54 Å². The third-order valence-electron chi connectivity index (χ3n) is 1.34. The summed E-state index contributed by atoms with van der Waals surface area (Å²) in [6.07, 6.45) is -0.508. The van der Waals surface area contributed by atoms with Gasteiger partial charge in [0.1, 0.15) is 6.04 Å². The Kier molecular flexibility index (Phi) is 11.0. The van der Waals surface area contributed by atoms with Gasteiger partial charge >= 0.3 is 63.3 Å². The molecule has 0 bridgehead atoms. The van der Waals surface area contributed by atoms with Crippen molar-refractivity contribution in [3.8, 4) is 0 Å². The number of carboxylic acid groups (broad SMARTS) is 1. The summed E-state index contributed by atoms with van der Waals surface area (Å²) in [5.74, 6) is -3.21. The van der Waals surface area contributed by atoms with Gasteiger partial charge < -0.3 is 26.1 Å². The first-order valence-electron chi connectivity index (χ1n) is 3.87. The molecule has 0 heterocycles. The average molecular weight is 242 g/mol. The van der Waals surface area contributed by atoms with Gasteiger partial charge in [0, 0.05) is 5.97 Å². The third kappa shape index (κ3) is 9.12. The monoisotopic (exact) mass is 242 g/mol. The summed E-state index contributed by atoms with van der Waals surface area (Å²) < 4.78 is 4.15. The molecule has 0 aliphatic heterocycles. The van der Waals surface area contributed by atoms with E-state index in [2.05, 4.69) is 4.74 Å². The van der Waals surface area contributed by atoms with Crippen LogP contribution in [-0.2, 0) is 19.1 Å². The molecule has 0 aromatic rings. The van der Waals surface area contributed by atoms with E-state index in [0.29, 0.717) is 0 Å². The Morgan fingerprint density at radius 1 is 1.33 bits per heavy atom. The minimum atomic E-state index is -1.32. The van der Waals surface area contributed by atoms with Crippen LogP contribution in [0.25, 0.3) is 0 Å². The molecular formula is C7H11KN2O5. The van der Waals surface area contributed by atoms with Gasteiger partial charge in [0.15, 0.2) is 0 Å². The Bertz CT molecular complexity index is 246. The number of esters is 2. The van der Waals surface area contributed by atoms with Crippen molar-refractivity contribution in [1.29, 1.82) is 0 Å². The second kappa shape index (κ2) is 9.40. The van der Waals surface area contributed by atoms with Crippen molar-refractivity contribution in [3.63, 3.8) is 0 Å². The summed E-state index contributed by atoms with van der Waals surface area (Å²) in [5.41, 5.74) is 10.1. The second-order valence-corrected chi connectivity index (χ2v) is 2.51. The van der Waals surface area contributed by atoms with E-state index in [1.807, 2.05) is 0 Å². The molecule has 0 aliphatic rings. The molecule has 0 amide bonds. The van der Waals surface area contributed by atoms with Crippen molar-refractivity contribution >= 4 is 17.9 Å². The Balaban J connectivity index is 0. The first kappa shape index (κ1) is 17.6. The number of carbonyl (C=O) groups is 3. The molecule has 0 fully saturated rings. The van der Waals surface area contributed by atoms with Gasteiger partial charge in [-0.15, -0.1) is 0 Å². The standard InChI is InChI=1S/C7H12N2O5.K/c8-3-6(12)14-7(13)4(9)1-2-5(10)11;/h4H,1-3,8-9H2,(H,10,11);/q;+1/p-1. The van der Waals surface area contributed by atoms with E-state index in [9.17, 15) is 19.5 Å². The van der Waals surface area contributed by atoms with E-state index in [4.69, 9.17) is 11.5 Å². The van der Waals surface area contributed by atoms with Crippen molar-refractivity contribution < 1.29 is 75.6 Å². The minimum absolute atomic E-state index is 0. The van der Waals surface area contributed by atoms with Crippen LogP contribution in [0.3, 0.4) is 0 Å². The Morgan fingerprint density at radius 3 is 2.27 bits per heavy atom. The normalized spacial score (nSPS) is 11.1. The molecule has 0 aliphatic carbocycles. The number of hydrogen-bond donors (Lipinski definition) is 2. The van der Waals surface area contributed by atoms with Crippen molar-refractivity contribution in [1.82, 2.24) is 0 Å². The van der Waals surface area contributed by atoms with E-state index in [-0.39, 0.29) is 64.2 Å². The molecule has 0 radical (unpaired) electrons. The summed E-state index contributed by atoms with van der Waals surface area (Å²) in [7, 11) is 0. The smallest absolute Gasteiger partial charge is 0.550 e. The fourth-order valence-corrected chi connectivity index (χ4v) is 0.621. The maximum atomic E-state index is 10.9. The maximum absolute atomic E-state index is 10.9. The van der Waals surface area contributed by atoms with Crippen LogP contribution in [0.4, 0.5) is 0 Å². The summed E-state index contributed by atoms with van der Waals surface area (Å²) >= 11 is 0. The fourth-order valence-electron chi connectivity index (χ4n) is 0.621. The van der Waals surface area contributed by atoms with Crippen LogP contribution in [0.2, 0.25) is 0 Å². The molecule has 0 saturated carbocycles. The minimum Gasteiger partial charge on any atom is -0.550 e. The average Bonchev–Trinajstić information content (AvgIpc) is 2.13. The molecular weight excluding hydrogens is 231 g/mol. The predicted molar refractivity (Wildman–Crippen MR) is 42.4 cm³/mol. The first-order chi connectivity index (χ1) is 6.47. The number of carbonyl (C=O) groups excluding carboxylic acids is 3. The maximum Gasteiger partial charge on any atom is 1.00 e. The number of carboxylic acids is 1. The molecule has 1 unspecified atom stereocenters. The molecule has 0 rings (SSSR count). The summed E-state index contributed by atoms with van der Waals surface area (Å²) in [5, 5.41) is 10.00. The predicted octanol–water partition coefficient (Wildman–Crippen LogP) is -6.12. The number of rotatable bonds is 5. The Labute approximate surface area is 129 Å². The molecule has 0 spiro atoms. The zero-order valence-electron chi connectivity index (χ0n) is 8.39. The number of hydrogen-bond acceptors (Lipinski definition) is 7. The SMILES string of the molecule is NCC(=O)OC(=O)C(N)CCC(=O)[O-].[K+]. The molecule has 4 N–H and O–H groups in total. The molecule has 0 aromatic heterocycles. The van der Waals surface area contributed by atoms with E-state index in [0.717, 1.165) is 0 Å². The largest absolute Gasteiger partial charge is 1.00 e. The van der Waals surface area contributed by atoms with Gasteiger partial charge in [-0.2, -0.15) is 0 Å². The van der Waals surface area contributed by atoms with Crippen molar-refractivity contribution in [3.05, 3.63) is 0 Å². The number of ether oxygens (including phenoxy) is 1. The van der Waals surface area contributed by atoms with Gasteiger partial charge in [-0.25, -0.2) is 4.79 Å². The van der Waals surface area contributed by atoms with Crippen LogP contribution < -0.4 is 68.0 Å². The van der Waals surface area contributed by atoms with Gasteiger partial charge in [-0.1, -0.05) is 0 Å². The van der Waals surface area contributed by atoms with Crippen LogP contribution in [0.15, 0.2) is 0 Å². The van der Waals surface area contributed by atoms with Gasteiger partial charge in [0.2, 0.25) is 0 Å². The van der Waals surface area contributed by atoms with Gasteiger partial charge in [-0.05, 0) is 12.8 Å². The first-order valence-corrected chi connectivity index (χ1v) is 3.87. The van der Waals surface area contributed by atoms with E-state index < -0.39 is 30.5 Å². The van der Waals surface area contributed by atoms with Crippen LogP contribution in [-0.4, -0.2) is 30.5 Å². The van der Waals surface area contributed by atoms with Gasteiger partial charge in [-0.3, -0.25) is 4.79 Å². The molecule has 8 heteroatoms. The van der Waals surface area contributed by atoms with Crippen molar-refractivity contribution in [2.24, 2.45) is 11.5 Å². The number of nitrogens with two attached hydrogens (primary N) is 2. The molecule has 7 nitrogen and oxygen atoms in total. The Morgan fingerprint density at radius 2 is 1.87 bits per heavy atom. The third-order valence-corrected chi connectivity index (χ3v) is 1.34. The van der Waals surface area contributed by atoms with E-state index >= 15 is 0 Å². The Hall–Kier alpha value is 0.166. The van der Waals surface area contributed by atoms with Gasteiger partial charge in [0.25, 0.3) is 0 Å². The van der Waals surface area contributed by atoms with E-state index in [1.165, 1.54) is 0 Å². The van der Waals surface area contributed by atoms with Crippen LogP contribution >= 0.6 is 0 Å². The topological polar surface area (TPSA) is 136 Å². The molecule has 0 saturated heterocycles. The van der Waals surface area contributed by atoms with Crippen LogP contribution in [0.5, 0.6) is 0 Å². The molecule has 15 heavy (non-hydrogen) atoms. The molecule has 0 aromatic carbocycles. The molecule has 80 valence electrons. The zero-order chi connectivity index (χ0) is 11.1. The van der Waals surface area contributed by atoms with Crippen LogP contribution in [0.1, 0.15) is 12.8 Å². The quantitative estimate of drug-likeness (QED) is 0.278. The summed E-state index contributed by atoms with van der Waals surface area (Å²) in [4.78, 5) is 31.4. The fraction of sp³-hybridized carbons (Fsp3) is 0.571. The zero-order valence-corrected chi connectivity index (χ0v) is 11.5. The van der Waals surface area contributed by atoms with Crippen molar-refractivity contribution in [2.45, 2.75) is 18.9 Å².